The fraction of sp³-hybridized carbons (Fsp3) is 0.222. The van der Waals surface area contributed by atoms with Gasteiger partial charge in [0.1, 0.15) is 5.75 Å². The van der Waals surface area contributed by atoms with Crippen LogP contribution in [0.2, 0.25) is 0 Å². The highest BCUT2D eigenvalue weighted by Gasteiger charge is 2.14. The van der Waals surface area contributed by atoms with Gasteiger partial charge >= 0.3 is 7.69 Å². The van der Waals surface area contributed by atoms with Crippen molar-refractivity contribution < 1.29 is 23.6 Å². The Kier molecular flexibility index (Phi) is 4.11. The van der Waals surface area contributed by atoms with Gasteiger partial charge in [0.25, 0.3) is 0 Å². The number of carbonyl (C=O) groups excluding carboxylic acids is 1. The lowest BCUT2D eigenvalue weighted by Gasteiger charge is -2.09. The number of benzene rings is 1. The molecule has 1 rings (SSSR count). The molecule has 0 aliphatic heterocycles. The topological polar surface area (TPSA) is 55.8 Å². The first kappa shape index (κ1) is 11.5. The molecule has 0 bridgehead atoms. The van der Waals surface area contributed by atoms with Crippen LogP contribution in [0.15, 0.2) is 12.1 Å². The molecule has 0 aliphatic carbocycles. The minimum Gasteiger partial charge on any atom is -0.537 e. The molecule has 0 heterocycles. The van der Waals surface area contributed by atoms with Gasteiger partial charge in [-0.1, -0.05) is 0 Å². The Morgan fingerprint density at radius 1 is 1.53 bits per heavy atom. The van der Waals surface area contributed by atoms with E-state index in [1.54, 1.807) is 6.92 Å². The van der Waals surface area contributed by atoms with E-state index in [4.69, 9.17) is 9.76 Å². The predicted octanol–water partition coefficient (Wildman–Crippen LogP) is 0.942. The molecule has 79 valence electrons. The largest absolute Gasteiger partial charge is 0.569 e. The number of carbonyl (C=O) groups is 1. The molecular formula is C9H9BFO4. The summed E-state index contributed by atoms with van der Waals surface area (Å²) >= 11 is 0. The quantitative estimate of drug-likeness (QED) is 0.581. The van der Waals surface area contributed by atoms with Gasteiger partial charge in [-0.3, -0.25) is 4.79 Å². The summed E-state index contributed by atoms with van der Waals surface area (Å²) in [6, 6.07) is 2.66. The van der Waals surface area contributed by atoms with E-state index in [1.807, 2.05) is 0 Å². The molecule has 0 spiro atoms. The van der Waals surface area contributed by atoms with E-state index in [1.165, 1.54) is 12.1 Å². The molecule has 15 heavy (non-hydrogen) atoms. The van der Waals surface area contributed by atoms with E-state index in [9.17, 15) is 9.18 Å². The second-order valence-electron chi connectivity index (χ2n) is 2.56. The van der Waals surface area contributed by atoms with Crippen molar-refractivity contribution >= 4 is 14.0 Å². The maximum atomic E-state index is 13.5. The van der Waals surface area contributed by atoms with Crippen LogP contribution in [0, 0.1) is 5.82 Å². The van der Waals surface area contributed by atoms with Crippen molar-refractivity contribution in [3.63, 3.8) is 0 Å². The summed E-state index contributed by atoms with van der Waals surface area (Å²) in [7, 11) is 0.377. The van der Waals surface area contributed by atoms with Gasteiger partial charge in [-0.05, 0) is 19.1 Å². The Balaban J connectivity index is 3.13. The van der Waals surface area contributed by atoms with E-state index >= 15 is 0 Å². The molecule has 0 fully saturated rings. The summed E-state index contributed by atoms with van der Waals surface area (Å²) in [4.78, 5) is 10.6. The van der Waals surface area contributed by atoms with E-state index in [-0.39, 0.29) is 17.1 Å². The maximum Gasteiger partial charge on any atom is 0.569 e. The average Bonchev–Trinajstić information content (AvgIpc) is 2.23. The third kappa shape index (κ3) is 2.47. The van der Waals surface area contributed by atoms with Crippen molar-refractivity contribution in [3.8, 4) is 11.5 Å². The first-order valence-corrected chi connectivity index (χ1v) is 4.27. The monoisotopic (exact) mass is 211 g/mol. The molecule has 0 unspecified atom stereocenters. The first-order chi connectivity index (χ1) is 7.24. The van der Waals surface area contributed by atoms with Crippen molar-refractivity contribution in [3.05, 3.63) is 23.5 Å². The summed E-state index contributed by atoms with van der Waals surface area (Å²) in [6.45, 7) is 1.99. The third-order valence-electron chi connectivity index (χ3n) is 1.70. The lowest BCUT2D eigenvalue weighted by molar-refractivity contribution is 0.111. The fourth-order valence-electron chi connectivity index (χ4n) is 1.09. The predicted molar refractivity (Wildman–Crippen MR) is 51.6 cm³/mol. The van der Waals surface area contributed by atoms with Crippen LogP contribution in [0.25, 0.3) is 0 Å². The van der Waals surface area contributed by atoms with Crippen molar-refractivity contribution in [2.75, 3.05) is 6.61 Å². The molecule has 1 N–H and O–H groups in total. The van der Waals surface area contributed by atoms with E-state index in [0.29, 0.717) is 20.6 Å². The minimum atomic E-state index is -0.800. The zero-order valence-electron chi connectivity index (χ0n) is 8.07. The van der Waals surface area contributed by atoms with Gasteiger partial charge in [-0.2, -0.15) is 0 Å². The normalized spacial score (nSPS) is 9.53. The highest BCUT2D eigenvalue weighted by Crippen LogP contribution is 2.27. The molecule has 0 amide bonds. The second kappa shape index (κ2) is 5.36. The van der Waals surface area contributed by atoms with E-state index in [2.05, 4.69) is 4.65 Å². The van der Waals surface area contributed by atoms with E-state index in [0.717, 1.165) is 0 Å². The van der Waals surface area contributed by atoms with Gasteiger partial charge in [0.15, 0.2) is 17.9 Å². The molecular weight excluding hydrogens is 202 g/mol. The molecule has 1 aromatic carbocycles. The lowest BCUT2D eigenvalue weighted by Crippen LogP contribution is -2.05. The van der Waals surface area contributed by atoms with Crippen LogP contribution in [0.1, 0.15) is 17.3 Å². The van der Waals surface area contributed by atoms with Gasteiger partial charge in [0.05, 0.1) is 12.2 Å². The molecule has 1 radical (unpaired) electrons. The molecule has 0 atom stereocenters. The van der Waals surface area contributed by atoms with Crippen molar-refractivity contribution in [1.29, 1.82) is 0 Å². The summed E-state index contributed by atoms with van der Waals surface area (Å²) in [6.07, 6.45) is 0.302. The Labute approximate surface area is 86.9 Å². The molecule has 0 saturated heterocycles. The molecule has 0 aliphatic rings. The summed E-state index contributed by atoms with van der Waals surface area (Å²) in [5.41, 5.74) is -0.286. The number of halogens is 1. The van der Waals surface area contributed by atoms with Crippen LogP contribution in [-0.4, -0.2) is 25.6 Å². The van der Waals surface area contributed by atoms with Crippen LogP contribution >= 0.6 is 0 Å². The molecule has 1 aromatic rings. The maximum absolute atomic E-state index is 13.5. The van der Waals surface area contributed by atoms with Crippen LogP contribution in [0.3, 0.4) is 0 Å². The van der Waals surface area contributed by atoms with Gasteiger partial charge in [0.2, 0.25) is 0 Å². The smallest absolute Gasteiger partial charge is 0.537 e. The number of aldehydes is 1. The second-order valence-corrected chi connectivity index (χ2v) is 2.56. The number of rotatable bonds is 5. The molecule has 0 saturated carbocycles. The number of hydrogen-bond acceptors (Lipinski definition) is 4. The van der Waals surface area contributed by atoms with Crippen molar-refractivity contribution in [1.82, 2.24) is 0 Å². The van der Waals surface area contributed by atoms with Crippen LogP contribution in [0.4, 0.5) is 4.39 Å². The summed E-state index contributed by atoms with van der Waals surface area (Å²) in [5.74, 6) is -0.885. The highest BCUT2D eigenvalue weighted by molar-refractivity contribution is 6.17. The Hall–Kier alpha value is -1.56. The SMILES string of the molecule is CCOc1ccc(O[B]O)c(C=O)c1F. The van der Waals surface area contributed by atoms with E-state index < -0.39 is 5.82 Å². The average molecular weight is 211 g/mol. The summed E-state index contributed by atoms with van der Waals surface area (Å²) < 4.78 is 23.0. The molecule has 6 heteroatoms. The van der Waals surface area contributed by atoms with Crippen molar-refractivity contribution in [2.24, 2.45) is 0 Å². The molecule has 0 aromatic heterocycles. The Morgan fingerprint density at radius 2 is 2.20 bits per heavy atom. The minimum absolute atomic E-state index is 0.0233. The Morgan fingerprint density at radius 3 is 2.73 bits per heavy atom. The van der Waals surface area contributed by atoms with Gasteiger partial charge in [-0.15, -0.1) is 0 Å². The lowest BCUT2D eigenvalue weighted by atomic mass is 10.2. The van der Waals surface area contributed by atoms with Crippen LogP contribution < -0.4 is 9.39 Å². The highest BCUT2D eigenvalue weighted by atomic mass is 19.1. The standard InChI is InChI=1S/C9H9BFO4/c1-2-14-8-4-3-7(15-10-13)6(5-12)9(8)11/h3-5,13H,2H2,1H3. The zero-order chi connectivity index (χ0) is 11.3. The third-order valence-corrected chi connectivity index (χ3v) is 1.70. The number of hydrogen-bond donors (Lipinski definition) is 1. The van der Waals surface area contributed by atoms with Gasteiger partial charge in [-0.25, -0.2) is 4.39 Å². The zero-order valence-corrected chi connectivity index (χ0v) is 8.07. The number of ether oxygens (including phenoxy) is 1. The van der Waals surface area contributed by atoms with Crippen LogP contribution in [-0.2, 0) is 0 Å². The summed E-state index contributed by atoms with van der Waals surface area (Å²) in [5, 5.41) is 8.39. The van der Waals surface area contributed by atoms with Crippen LogP contribution in [0.5, 0.6) is 11.5 Å². The van der Waals surface area contributed by atoms with Crippen molar-refractivity contribution in [2.45, 2.75) is 6.92 Å². The fourth-order valence-corrected chi connectivity index (χ4v) is 1.09. The Bertz CT molecular complexity index is 356. The van der Waals surface area contributed by atoms with Gasteiger partial charge < -0.3 is 14.4 Å². The first-order valence-electron chi connectivity index (χ1n) is 4.27. The van der Waals surface area contributed by atoms with Gasteiger partial charge in [0, 0.05) is 0 Å². The molecule has 4 nitrogen and oxygen atoms in total.